The standard InChI is InChI=1S/C9H15O2/c1-4-6-8(3)9(10)11-7-5-2/h5-6,8H,2,4,7H2,1,3H3. The summed E-state index contributed by atoms with van der Waals surface area (Å²) in [6.07, 6.45) is 4.38. The predicted octanol–water partition coefficient (Wildman–Crippen LogP) is 1.97. The van der Waals surface area contributed by atoms with E-state index in [0.29, 0.717) is 6.61 Å². The van der Waals surface area contributed by atoms with Gasteiger partial charge in [0.2, 0.25) is 0 Å². The molecule has 0 fully saturated rings. The molecule has 2 nitrogen and oxygen atoms in total. The lowest BCUT2D eigenvalue weighted by Crippen LogP contribution is -2.14. The van der Waals surface area contributed by atoms with Gasteiger partial charge in [-0.15, -0.1) is 0 Å². The van der Waals surface area contributed by atoms with Crippen LogP contribution in [0.5, 0.6) is 0 Å². The molecule has 0 spiro atoms. The van der Waals surface area contributed by atoms with E-state index in [1.54, 1.807) is 6.08 Å². The molecule has 0 amide bonds. The van der Waals surface area contributed by atoms with E-state index in [-0.39, 0.29) is 11.9 Å². The summed E-state index contributed by atoms with van der Waals surface area (Å²) in [6, 6.07) is 0. The molecule has 0 saturated carbocycles. The van der Waals surface area contributed by atoms with Gasteiger partial charge in [-0.25, -0.2) is 0 Å². The van der Waals surface area contributed by atoms with Crippen LogP contribution in [0.4, 0.5) is 0 Å². The van der Waals surface area contributed by atoms with Crippen molar-refractivity contribution in [1.29, 1.82) is 0 Å². The van der Waals surface area contributed by atoms with Crippen molar-refractivity contribution < 1.29 is 9.53 Å². The summed E-state index contributed by atoms with van der Waals surface area (Å²) < 4.78 is 4.82. The van der Waals surface area contributed by atoms with E-state index in [2.05, 4.69) is 6.58 Å². The molecule has 0 saturated heterocycles. The number of esters is 1. The number of carbonyl (C=O) groups excluding carboxylic acids is 1. The quantitative estimate of drug-likeness (QED) is 0.448. The third kappa shape index (κ3) is 4.59. The lowest BCUT2D eigenvalue weighted by molar-refractivity contribution is -0.145. The number of hydrogen-bond acceptors (Lipinski definition) is 2. The second kappa shape index (κ2) is 5.96. The van der Waals surface area contributed by atoms with Crippen LogP contribution in [0.3, 0.4) is 0 Å². The normalized spacial score (nSPS) is 12.2. The Morgan fingerprint density at radius 3 is 2.82 bits per heavy atom. The van der Waals surface area contributed by atoms with Gasteiger partial charge < -0.3 is 4.74 Å². The summed E-state index contributed by atoms with van der Waals surface area (Å²) in [5.74, 6) is -0.272. The molecule has 0 aromatic rings. The molecule has 0 aliphatic heterocycles. The first-order valence-electron chi connectivity index (χ1n) is 3.83. The van der Waals surface area contributed by atoms with Gasteiger partial charge in [0.25, 0.3) is 0 Å². The van der Waals surface area contributed by atoms with Gasteiger partial charge in [-0.3, -0.25) is 4.79 Å². The summed E-state index contributed by atoms with van der Waals surface area (Å²) >= 11 is 0. The lowest BCUT2D eigenvalue weighted by Gasteiger charge is -2.07. The molecule has 1 atom stereocenters. The summed E-state index contributed by atoms with van der Waals surface area (Å²) in [4.78, 5) is 11.0. The summed E-state index contributed by atoms with van der Waals surface area (Å²) in [7, 11) is 0. The Labute approximate surface area is 68.2 Å². The van der Waals surface area contributed by atoms with Crippen molar-refractivity contribution >= 4 is 5.97 Å². The lowest BCUT2D eigenvalue weighted by atomic mass is 10.1. The zero-order valence-electron chi connectivity index (χ0n) is 7.17. The number of hydrogen-bond donors (Lipinski definition) is 0. The fourth-order valence-corrected chi connectivity index (χ4v) is 0.722. The van der Waals surface area contributed by atoms with E-state index in [1.165, 1.54) is 0 Å². The predicted molar refractivity (Wildman–Crippen MR) is 44.9 cm³/mol. The number of rotatable bonds is 5. The Kier molecular flexibility index (Phi) is 5.53. The molecule has 1 unspecified atom stereocenters. The highest BCUT2D eigenvalue weighted by molar-refractivity contribution is 5.73. The Bertz CT molecular complexity index is 130. The van der Waals surface area contributed by atoms with E-state index >= 15 is 0 Å². The maximum Gasteiger partial charge on any atom is 0.309 e. The highest BCUT2D eigenvalue weighted by atomic mass is 16.5. The van der Waals surface area contributed by atoms with E-state index in [1.807, 2.05) is 20.3 Å². The SMILES string of the molecule is C=CCOC(=O)C(C)[CH]CC. The van der Waals surface area contributed by atoms with Gasteiger partial charge in [0.1, 0.15) is 6.61 Å². The van der Waals surface area contributed by atoms with Crippen molar-refractivity contribution in [3.63, 3.8) is 0 Å². The van der Waals surface area contributed by atoms with Crippen LogP contribution in [0.25, 0.3) is 0 Å². The summed E-state index contributed by atoms with van der Waals surface area (Å²) in [5, 5.41) is 0. The second-order valence-corrected chi connectivity index (χ2v) is 2.35. The van der Waals surface area contributed by atoms with Crippen LogP contribution in [0, 0.1) is 12.3 Å². The van der Waals surface area contributed by atoms with Gasteiger partial charge >= 0.3 is 5.97 Å². The third-order valence-corrected chi connectivity index (χ3v) is 1.30. The molecule has 2 heteroatoms. The van der Waals surface area contributed by atoms with E-state index in [4.69, 9.17) is 4.74 Å². The number of carbonyl (C=O) groups is 1. The van der Waals surface area contributed by atoms with Crippen LogP contribution in [-0.4, -0.2) is 12.6 Å². The first-order valence-corrected chi connectivity index (χ1v) is 3.83. The van der Waals surface area contributed by atoms with Crippen molar-refractivity contribution in [2.45, 2.75) is 20.3 Å². The molecule has 11 heavy (non-hydrogen) atoms. The summed E-state index contributed by atoms with van der Waals surface area (Å²) in [6.45, 7) is 7.58. The van der Waals surface area contributed by atoms with Crippen LogP contribution in [-0.2, 0) is 9.53 Å². The van der Waals surface area contributed by atoms with Crippen molar-refractivity contribution in [3.8, 4) is 0 Å². The fourth-order valence-electron chi connectivity index (χ4n) is 0.722. The monoisotopic (exact) mass is 155 g/mol. The first kappa shape index (κ1) is 10.2. The zero-order valence-corrected chi connectivity index (χ0v) is 7.17. The Hall–Kier alpha value is -0.790. The average molecular weight is 155 g/mol. The van der Waals surface area contributed by atoms with Gasteiger partial charge in [-0.1, -0.05) is 32.9 Å². The highest BCUT2D eigenvalue weighted by Gasteiger charge is 2.11. The average Bonchev–Trinajstić information content (AvgIpc) is 2.00. The van der Waals surface area contributed by atoms with Crippen molar-refractivity contribution in [2.75, 3.05) is 6.61 Å². The smallest absolute Gasteiger partial charge is 0.309 e. The molecule has 0 bridgehead atoms. The van der Waals surface area contributed by atoms with Gasteiger partial charge in [-0.05, 0) is 6.42 Å². The fraction of sp³-hybridized carbons (Fsp3) is 0.556. The number of ether oxygens (including phenoxy) is 1. The molecule has 0 N–H and O–H groups in total. The van der Waals surface area contributed by atoms with E-state index in [9.17, 15) is 4.79 Å². The first-order chi connectivity index (χ1) is 5.22. The van der Waals surface area contributed by atoms with Crippen molar-refractivity contribution in [3.05, 3.63) is 19.1 Å². The highest BCUT2D eigenvalue weighted by Crippen LogP contribution is 2.05. The molecular formula is C9H15O2. The van der Waals surface area contributed by atoms with Gasteiger partial charge in [-0.2, -0.15) is 0 Å². The molecule has 0 heterocycles. The van der Waals surface area contributed by atoms with Crippen LogP contribution >= 0.6 is 0 Å². The van der Waals surface area contributed by atoms with Crippen LogP contribution < -0.4 is 0 Å². The minimum Gasteiger partial charge on any atom is -0.461 e. The Morgan fingerprint density at radius 1 is 1.73 bits per heavy atom. The summed E-state index contributed by atoms with van der Waals surface area (Å²) in [5.41, 5.74) is 0. The Balaban J connectivity index is 3.54. The van der Waals surface area contributed by atoms with Crippen molar-refractivity contribution in [2.24, 2.45) is 5.92 Å². The molecule has 0 rings (SSSR count). The molecule has 0 aromatic carbocycles. The molecular weight excluding hydrogens is 140 g/mol. The molecule has 1 radical (unpaired) electrons. The van der Waals surface area contributed by atoms with Crippen LogP contribution in [0.1, 0.15) is 20.3 Å². The molecule has 0 aliphatic rings. The largest absolute Gasteiger partial charge is 0.461 e. The van der Waals surface area contributed by atoms with E-state index < -0.39 is 0 Å². The zero-order chi connectivity index (χ0) is 8.69. The second-order valence-electron chi connectivity index (χ2n) is 2.35. The minimum absolute atomic E-state index is 0.0973. The Morgan fingerprint density at radius 2 is 2.36 bits per heavy atom. The van der Waals surface area contributed by atoms with Crippen LogP contribution in [0.2, 0.25) is 0 Å². The molecule has 63 valence electrons. The van der Waals surface area contributed by atoms with Crippen LogP contribution in [0.15, 0.2) is 12.7 Å². The van der Waals surface area contributed by atoms with Gasteiger partial charge in [0.05, 0.1) is 5.92 Å². The maximum atomic E-state index is 11.0. The van der Waals surface area contributed by atoms with Crippen molar-refractivity contribution in [1.82, 2.24) is 0 Å². The third-order valence-electron chi connectivity index (χ3n) is 1.30. The van der Waals surface area contributed by atoms with Gasteiger partial charge in [0, 0.05) is 0 Å². The molecule has 0 aromatic heterocycles. The maximum absolute atomic E-state index is 11.0. The minimum atomic E-state index is -0.174. The molecule has 0 aliphatic carbocycles. The van der Waals surface area contributed by atoms with E-state index in [0.717, 1.165) is 6.42 Å². The topological polar surface area (TPSA) is 26.3 Å². The van der Waals surface area contributed by atoms with Gasteiger partial charge in [0.15, 0.2) is 0 Å².